The fourth-order valence-corrected chi connectivity index (χ4v) is 1.66. The molecule has 0 fully saturated rings. The van der Waals surface area contributed by atoms with Crippen LogP contribution < -0.4 is 0 Å². The lowest BCUT2D eigenvalue weighted by molar-refractivity contribution is 0.260. The Bertz CT molecular complexity index is 103. The molecule has 0 aliphatic carbocycles. The molecule has 0 N–H and O–H groups in total. The second-order valence-corrected chi connectivity index (χ2v) is 4.87. The average molecular weight is 170 g/mol. The molecule has 0 spiro atoms. The maximum atomic E-state index is 2.38. The molecule has 0 bridgehead atoms. The van der Waals surface area contributed by atoms with Crippen molar-refractivity contribution in [2.45, 2.75) is 54.4 Å². The maximum absolute atomic E-state index is 2.38. The Morgan fingerprint density at radius 2 is 1.33 bits per heavy atom. The van der Waals surface area contributed by atoms with E-state index in [0.29, 0.717) is 0 Å². The number of hydrogen-bond donors (Lipinski definition) is 0. The van der Waals surface area contributed by atoms with Gasteiger partial charge in [-0.15, -0.1) is 0 Å². The van der Waals surface area contributed by atoms with Crippen LogP contribution in [0.4, 0.5) is 0 Å². The lowest BCUT2D eigenvalue weighted by atomic mass is 9.81. The Hall–Kier alpha value is 0. The van der Waals surface area contributed by atoms with E-state index in [-0.39, 0.29) is 0 Å². The Kier molecular flexibility index (Phi) is 5.61. The van der Waals surface area contributed by atoms with E-state index in [4.69, 9.17) is 0 Å². The molecule has 2 unspecified atom stereocenters. The minimum Gasteiger partial charge on any atom is -0.0651 e. The normalized spacial score (nSPS) is 17.0. The van der Waals surface area contributed by atoms with Crippen LogP contribution in [0, 0.1) is 23.7 Å². The van der Waals surface area contributed by atoms with Crippen LogP contribution in [-0.4, -0.2) is 0 Å². The summed E-state index contributed by atoms with van der Waals surface area (Å²) in [5, 5.41) is 0. The zero-order chi connectivity index (χ0) is 9.72. The zero-order valence-corrected chi connectivity index (χ0v) is 9.72. The van der Waals surface area contributed by atoms with Crippen molar-refractivity contribution < 1.29 is 0 Å². The lowest BCUT2D eigenvalue weighted by Crippen LogP contribution is -2.15. The monoisotopic (exact) mass is 170 g/mol. The van der Waals surface area contributed by atoms with Gasteiger partial charge in [-0.3, -0.25) is 0 Å². The second kappa shape index (κ2) is 5.61. The highest BCUT2D eigenvalue weighted by molar-refractivity contribution is 4.67. The first-order chi connectivity index (χ1) is 5.49. The highest BCUT2D eigenvalue weighted by Gasteiger charge is 2.16. The summed E-state index contributed by atoms with van der Waals surface area (Å²) >= 11 is 0. The summed E-state index contributed by atoms with van der Waals surface area (Å²) in [6.07, 6.45) is 2.75. The summed E-state index contributed by atoms with van der Waals surface area (Å²) in [5.74, 6) is 3.52. The topological polar surface area (TPSA) is 0 Å². The Morgan fingerprint density at radius 1 is 0.833 bits per heavy atom. The summed E-state index contributed by atoms with van der Waals surface area (Å²) < 4.78 is 0. The third-order valence-corrected chi connectivity index (χ3v) is 3.28. The van der Waals surface area contributed by atoms with Gasteiger partial charge in [0.2, 0.25) is 0 Å². The number of rotatable bonds is 5. The van der Waals surface area contributed by atoms with Gasteiger partial charge >= 0.3 is 0 Å². The third-order valence-electron chi connectivity index (χ3n) is 3.28. The molecule has 0 radical (unpaired) electrons. The smallest absolute Gasteiger partial charge is 0.0391 e. The van der Waals surface area contributed by atoms with E-state index in [2.05, 4.69) is 41.5 Å². The van der Waals surface area contributed by atoms with Crippen molar-refractivity contribution >= 4 is 0 Å². The van der Waals surface area contributed by atoms with E-state index < -0.39 is 0 Å². The standard InChI is InChI=1S/C12H26/c1-7-12(10(4)5)8-11(6)9(2)3/h9-12H,7-8H2,1-6H3. The molecular formula is C12H26. The molecule has 0 aliphatic rings. The van der Waals surface area contributed by atoms with Gasteiger partial charge < -0.3 is 0 Å². The van der Waals surface area contributed by atoms with E-state index in [9.17, 15) is 0 Å². The van der Waals surface area contributed by atoms with Crippen LogP contribution in [-0.2, 0) is 0 Å². The van der Waals surface area contributed by atoms with E-state index >= 15 is 0 Å². The van der Waals surface area contributed by atoms with Crippen molar-refractivity contribution in [3.8, 4) is 0 Å². The summed E-state index contributed by atoms with van der Waals surface area (Å²) in [6, 6.07) is 0. The van der Waals surface area contributed by atoms with Crippen LogP contribution in [0.1, 0.15) is 54.4 Å². The molecule has 0 aliphatic heterocycles. The van der Waals surface area contributed by atoms with Crippen LogP contribution >= 0.6 is 0 Å². The van der Waals surface area contributed by atoms with Crippen molar-refractivity contribution in [1.29, 1.82) is 0 Å². The molecule has 0 heteroatoms. The SMILES string of the molecule is CCC(CC(C)C(C)C)C(C)C. The molecule has 0 saturated heterocycles. The van der Waals surface area contributed by atoms with Crippen LogP contribution in [0.3, 0.4) is 0 Å². The van der Waals surface area contributed by atoms with Crippen LogP contribution in [0.2, 0.25) is 0 Å². The summed E-state index contributed by atoms with van der Waals surface area (Å²) in [7, 11) is 0. The van der Waals surface area contributed by atoms with E-state index in [1.54, 1.807) is 0 Å². The Morgan fingerprint density at radius 3 is 1.58 bits per heavy atom. The molecule has 0 heterocycles. The van der Waals surface area contributed by atoms with Crippen molar-refractivity contribution in [3.05, 3.63) is 0 Å². The van der Waals surface area contributed by atoms with Gasteiger partial charge in [-0.1, -0.05) is 48.0 Å². The quantitative estimate of drug-likeness (QED) is 0.575. The van der Waals surface area contributed by atoms with Gasteiger partial charge in [0.1, 0.15) is 0 Å². The van der Waals surface area contributed by atoms with Gasteiger partial charge in [0.25, 0.3) is 0 Å². The molecule has 12 heavy (non-hydrogen) atoms. The molecule has 74 valence electrons. The fourth-order valence-electron chi connectivity index (χ4n) is 1.66. The molecule has 0 amide bonds. The average Bonchev–Trinajstić information content (AvgIpc) is 1.98. The van der Waals surface area contributed by atoms with Crippen LogP contribution in [0.25, 0.3) is 0 Å². The highest BCUT2D eigenvalue weighted by Crippen LogP contribution is 2.26. The summed E-state index contributed by atoms with van der Waals surface area (Å²) in [5.41, 5.74) is 0. The first-order valence-electron chi connectivity index (χ1n) is 5.49. The molecule has 0 aromatic heterocycles. The van der Waals surface area contributed by atoms with Gasteiger partial charge in [0.05, 0.1) is 0 Å². The first kappa shape index (κ1) is 12.0. The van der Waals surface area contributed by atoms with Gasteiger partial charge in [-0.25, -0.2) is 0 Å². The van der Waals surface area contributed by atoms with Gasteiger partial charge in [0, 0.05) is 0 Å². The molecule has 0 saturated carbocycles. The largest absolute Gasteiger partial charge is 0.0651 e. The number of hydrogen-bond acceptors (Lipinski definition) is 0. The molecular weight excluding hydrogens is 144 g/mol. The van der Waals surface area contributed by atoms with Crippen molar-refractivity contribution in [3.63, 3.8) is 0 Å². The third kappa shape index (κ3) is 4.13. The Balaban J connectivity index is 3.85. The van der Waals surface area contributed by atoms with E-state index in [1.807, 2.05) is 0 Å². The highest BCUT2D eigenvalue weighted by atomic mass is 14.2. The van der Waals surface area contributed by atoms with Crippen molar-refractivity contribution in [2.24, 2.45) is 23.7 Å². The second-order valence-electron chi connectivity index (χ2n) is 4.87. The molecule has 0 nitrogen and oxygen atoms in total. The predicted octanol–water partition coefficient (Wildman–Crippen LogP) is 4.35. The molecule has 0 rings (SSSR count). The van der Waals surface area contributed by atoms with Crippen molar-refractivity contribution in [2.75, 3.05) is 0 Å². The van der Waals surface area contributed by atoms with Crippen molar-refractivity contribution in [1.82, 2.24) is 0 Å². The summed E-state index contributed by atoms with van der Waals surface area (Å²) in [6.45, 7) is 14.1. The zero-order valence-electron chi connectivity index (χ0n) is 9.72. The van der Waals surface area contributed by atoms with Gasteiger partial charge in [0.15, 0.2) is 0 Å². The van der Waals surface area contributed by atoms with Gasteiger partial charge in [-0.2, -0.15) is 0 Å². The van der Waals surface area contributed by atoms with E-state index in [0.717, 1.165) is 23.7 Å². The van der Waals surface area contributed by atoms with Gasteiger partial charge in [-0.05, 0) is 30.1 Å². The fraction of sp³-hybridized carbons (Fsp3) is 1.00. The molecule has 0 aromatic rings. The lowest BCUT2D eigenvalue weighted by Gasteiger charge is -2.25. The molecule has 0 aromatic carbocycles. The maximum Gasteiger partial charge on any atom is -0.0391 e. The summed E-state index contributed by atoms with van der Waals surface area (Å²) in [4.78, 5) is 0. The minimum absolute atomic E-state index is 0.845. The molecule has 2 atom stereocenters. The minimum atomic E-state index is 0.845. The predicted molar refractivity (Wildman–Crippen MR) is 57.2 cm³/mol. The van der Waals surface area contributed by atoms with Crippen LogP contribution in [0.15, 0.2) is 0 Å². The van der Waals surface area contributed by atoms with E-state index in [1.165, 1.54) is 12.8 Å². The first-order valence-corrected chi connectivity index (χ1v) is 5.49. The van der Waals surface area contributed by atoms with Crippen LogP contribution in [0.5, 0.6) is 0 Å². The Labute approximate surface area is 78.8 Å².